The minimum absolute atomic E-state index is 0.0503. The quantitative estimate of drug-likeness (QED) is 0.173. The van der Waals surface area contributed by atoms with Gasteiger partial charge in [-0.3, -0.25) is 0 Å². The summed E-state index contributed by atoms with van der Waals surface area (Å²) in [5.41, 5.74) is 4.65. The van der Waals surface area contributed by atoms with Gasteiger partial charge in [-0.05, 0) is 106 Å². The highest BCUT2D eigenvalue weighted by Crippen LogP contribution is 2.48. The molecule has 0 aliphatic carbocycles. The number of hydrogen-bond acceptors (Lipinski definition) is 1. The minimum atomic E-state index is -0.534. The lowest BCUT2D eigenvalue weighted by Crippen LogP contribution is -1.92. The predicted octanol–water partition coefficient (Wildman–Crippen LogP) is 14.4. The van der Waals surface area contributed by atoms with E-state index in [0.717, 1.165) is 65.3 Å². The largest absolute Gasteiger partial charge is 0.455 e. The molecule has 1 aromatic heterocycles. The van der Waals surface area contributed by atoms with Gasteiger partial charge in [0.15, 0.2) is 0 Å². The van der Waals surface area contributed by atoms with Crippen LogP contribution in [0.25, 0.3) is 109 Å². The van der Waals surface area contributed by atoms with Crippen molar-refractivity contribution in [2.24, 2.45) is 0 Å². The number of hydrogen-bond donors (Lipinski definition) is 0. The molecular weight excluding hydrogens is 617 g/mol. The normalized spacial score (nSPS) is 14.4. The fourth-order valence-corrected chi connectivity index (χ4v) is 8.00. The molecule has 0 aliphatic rings. The molecule has 0 bridgehead atoms. The summed E-state index contributed by atoms with van der Waals surface area (Å²) < 4.78 is 86.6. The van der Waals surface area contributed by atoms with E-state index >= 15 is 0 Å². The van der Waals surface area contributed by atoms with Gasteiger partial charge in [0.25, 0.3) is 0 Å². The highest BCUT2D eigenvalue weighted by atomic mass is 16.3. The topological polar surface area (TPSA) is 13.1 Å². The first-order valence-electron chi connectivity index (χ1n) is 21.4. The Morgan fingerprint density at radius 1 is 0.373 bits per heavy atom. The fourth-order valence-electron chi connectivity index (χ4n) is 8.00. The highest BCUT2D eigenvalue weighted by molar-refractivity contribution is 6.25. The van der Waals surface area contributed by atoms with E-state index in [1.165, 1.54) is 0 Å². The van der Waals surface area contributed by atoms with Gasteiger partial charge in [0, 0.05) is 16.2 Å². The van der Waals surface area contributed by atoms with Crippen molar-refractivity contribution in [1.82, 2.24) is 0 Å². The summed E-state index contributed by atoms with van der Waals surface area (Å²) in [6.07, 6.45) is 0. The molecule has 0 saturated carbocycles. The van der Waals surface area contributed by atoms with Crippen LogP contribution in [0.15, 0.2) is 186 Å². The van der Waals surface area contributed by atoms with Crippen molar-refractivity contribution in [1.29, 1.82) is 0 Å². The van der Waals surface area contributed by atoms with Crippen molar-refractivity contribution in [2.45, 2.75) is 0 Å². The molecule has 1 heteroatoms. The summed E-state index contributed by atoms with van der Waals surface area (Å²) in [7, 11) is 0. The number of fused-ring (bicyclic) bond motifs is 9. The van der Waals surface area contributed by atoms with Crippen molar-refractivity contribution in [3.63, 3.8) is 0 Å². The molecule has 0 saturated heterocycles. The van der Waals surface area contributed by atoms with Crippen LogP contribution in [0.4, 0.5) is 0 Å². The van der Waals surface area contributed by atoms with E-state index in [1.54, 1.807) is 0 Å². The predicted molar refractivity (Wildman–Crippen MR) is 218 cm³/mol. The maximum Gasteiger partial charge on any atom is 0.143 e. The molecule has 1 nitrogen and oxygen atoms in total. The van der Waals surface area contributed by atoms with Crippen LogP contribution in [-0.2, 0) is 0 Å². The Hall–Kier alpha value is -6.70. The summed E-state index contributed by atoms with van der Waals surface area (Å²) in [4.78, 5) is 0. The summed E-state index contributed by atoms with van der Waals surface area (Å²) >= 11 is 0. The van der Waals surface area contributed by atoms with Gasteiger partial charge in [-0.25, -0.2) is 0 Å². The molecule has 0 spiro atoms. The Morgan fingerprint density at radius 3 is 1.76 bits per heavy atom. The van der Waals surface area contributed by atoms with Crippen LogP contribution in [0, 0.1) is 0 Å². The molecule has 11 rings (SSSR count). The molecule has 10 aromatic carbocycles. The molecule has 1 heterocycles. The van der Waals surface area contributed by atoms with Crippen LogP contribution in [-0.4, -0.2) is 0 Å². The fraction of sp³-hybridized carbons (Fsp3) is 0. The molecule has 236 valence electrons. The van der Waals surface area contributed by atoms with Crippen molar-refractivity contribution in [2.75, 3.05) is 0 Å². The lowest BCUT2D eigenvalue weighted by atomic mass is 9.83. The molecule has 0 aliphatic heterocycles. The molecule has 0 N–H and O–H groups in total. The van der Waals surface area contributed by atoms with Crippen molar-refractivity contribution in [3.05, 3.63) is 182 Å². The van der Waals surface area contributed by atoms with Crippen molar-refractivity contribution < 1.29 is 16.8 Å². The highest BCUT2D eigenvalue weighted by Gasteiger charge is 2.21. The van der Waals surface area contributed by atoms with Gasteiger partial charge < -0.3 is 4.42 Å². The van der Waals surface area contributed by atoms with Gasteiger partial charge in [-0.15, -0.1) is 0 Å². The Kier molecular flexibility index (Phi) is 4.43. The minimum Gasteiger partial charge on any atom is -0.455 e. The average molecular weight is 656 g/mol. The molecular formula is C50H30O. The van der Waals surface area contributed by atoms with Crippen LogP contribution in [0.1, 0.15) is 12.3 Å². The first-order chi connectivity index (χ1) is 29.1. The number of rotatable bonds is 3. The monoisotopic (exact) mass is 655 g/mol. The van der Waals surface area contributed by atoms with Gasteiger partial charge in [0.1, 0.15) is 11.2 Å². The van der Waals surface area contributed by atoms with Crippen LogP contribution in [0.5, 0.6) is 0 Å². The molecule has 11 aromatic rings. The van der Waals surface area contributed by atoms with Gasteiger partial charge >= 0.3 is 0 Å². The summed E-state index contributed by atoms with van der Waals surface area (Å²) in [6.45, 7) is 0. The van der Waals surface area contributed by atoms with E-state index in [1.807, 2.05) is 48.5 Å². The standard InChI is InChI=1S/C50H30O/c1-4-17-35-31(13-1)16-11-24-38(35)48-41-22-9-7-20-39(41)47(40-21-8-10-23-42(40)48)34-29-33-15-3-5-18-36(33)45(30-34)43-25-12-26-46-49(43)44-28-27-32-14-2-6-19-37(32)50(44)51-46/h1-30H/i2D,6D,12D,14D,19D,25D,26D,27D,28D. The number of furan rings is 1. The van der Waals surface area contributed by atoms with Gasteiger partial charge in [0.05, 0.1) is 12.3 Å². The second kappa shape index (κ2) is 10.9. The summed E-state index contributed by atoms with van der Waals surface area (Å²) in [6, 6.07) is 39.6. The lowest BCUT2D eigenvalue weighted by molar-refractivity contribution is 0.673. The van der Waals surface area contributed by atoms with E-state index in [9.17, 15) is 2.74 Å². The average Bonchev–Trinajstić information content (AvgIpc) is 3.67. The smallest absolute Gasteiger partial charge is 0.143 e. The van der Waals surface area contributed by atoms with Crippen LogP contribution in [0.3, 0.4) is 0 Å². The lowest BCUT2D eigenvalue weighted by Gasteiger charge is -2.20. The Labute approximate surface area is 307 Å². The summed E-state index contributed by atoms with van der Waals surface area (Å²) in [5, 5.41) is 8.02. The van der Waals surface area contributed by atoms with E-state index < -0.39 is 42.3 Å². The Bertz CT molecular complexity index is 3660. The molecule has 0 atom stereocenters. The number of benzene rings is 10. The molecule has 0 radical (unpaired) electrons. The zero-order chi connectivity index (χ0) is 41.3. The molecule has 0 amide bonds. The molecule has 51 heavy (non-hydrogen) atoms. The second-order valence-electron chi connectivity index (χ2n) is 12.9. The maximum absolute atomic E-state index is 9.52. The third-order valence-corrected chi connectivity index (χ3v) is 10.2. The SMILES string of the molecule is [2H]c1c([2H])c(-c2cc(-c3c4ccccc4c(-c4cccc5ccccc45)c4ccccc34)cc3ccccc23)c2c(oc3c4c([2H])c([2H])c([2H])c([2H])c4c([2H])c([2H])c32)c1[2H]. The van der Waals surface area contributed by atoms with Crippen molar-refractivity contribution in [3.8, 4) is 33.4 Å². The van der Waals surface area contributed by atoms with E-state index in [4.69, 9.17) is 14.0 Å². The van der Waals surface area contributed by atoms with Crippen LogP contribution >= 0.6 is 0 Å². The maximum atomic E-state index is 9.52. The second-order valence-corrected chi connectivity index (χ2v) is 12.9. The third kappa shape index (κ3) is 4.16. The zero-order valence-electron chi connectivity index (χ0n) is 36.0. The van der Waals surface area contributed by atoms with Gasteiger partial charge in [0.2, 0.25) is 0 Å². The van der Waals surface area contributed by atoms with Gasteiger partial charge in [-0.2, -0.15) is 0 Å². The van der Waals surface area contributed by atoms with E-state index in [-0.39, 0.29) is 50.4 Å². The Morgan fingerprint density at radius 2 is 1.00 bits per heavy atom. The van der Waals surface area contributed by atoms with E-state index in [0.29, 0.717) is 5.56 Å². The zero-order valence-corrected chi connectivity index (χ0v) is 27.0. The third-order valence-electron chi connectivity index (χ3n) is 10.2. The first-order valence-corrected chi connectivity index (χ1v) is 16.9. The van der Waals surface area contributed by atoms with Crippen LogP contribution < -0.4 is 0 Å². The molecule has 0 unspecified atom stereocenters. The van der Waals surface area contributed by atoms with Crippen LogP contribution in [0.2, 0.25) is 0 Å². The van der Waals surface area contributed by atoms with Gasteiger partial charge in [-0.1, -0.05) is 158 Å². The first kappa shape index (κ1) is 20.7. The Balaban J connectivity index is 1.30. The molecule has 0 fully saturated rings. The van der Waals surface area contributed by atoms with Crippen molar-refractivity contribution >= 4 is 75.8 Å². The summed E-state index contributed by atoms with van der Waals surface area (Å²) in [5.74, 6) is 0. The van der Waals surface area contributed by atoms with E-state index in [2.05, 4.69) is 78.9 Å².